The number of hydrogen-bond acceptors (Lipinski definition) is 3. The Hall–Kier alpha value is -0.830. The van der Waals surface area contributed by atoms with Crippen LogP contribution < -0.4 is 0 Å². The minimum atomic E-state index is -0.379. The zero-order valence-electron chi connectivity index (χ0n) is 10.2. The molecule has 0 unspecified atom stereocenters. The predicted molar refractivity (Wildman–Crippen MR) is 65.6 cm³/mol. The summed E-state index contributed by atoms with van der Waals surface area (Å²) >= 11 is 1.72. The Labute approximate surface area is 101 Å². The monoisotopic (exact) mass is 238 g/mol. The van der Waals surface area contributed by atoms with Gasteiger partial charge in [0.2, 0.25) is 0 Å². The predicted octanol–water partition coefficient (Wildman–Crippen LogP) is 3.37. The van der Waals surface area contributed by atoms with Crippen LogP contribution in [-0.4, -0.2) is 11.6 Å². The Morgan fingerprint density at radius 1 is 1.56 bits per heavy atom. The lowest BCUT2D eigenvalue weighted by molar-refractivity contribution is -0.156. The van der Waals surface area contributed by atoms with Crippen molar-refractivity contribution in [2.75, 3.05) is 0 Å². The molecule has 0 radical (unpaired) electrons. The first kappa shape index (κ1) is 11.6. The summed E-state index contributed by atoms with van der Waals surface area (Å²) in [5, 5.41) is 2.06. The van der Waals surface area contributed by atoms with Gasteiger partial charge in [-0.15, -0.1) is 11.3 Å². The van der Waals surface area contributed by atoms with Gasteiger partial charge in [0.15, 0.2) is 0 Å². The molecule has 0 N–H and O–H groups in total. The lowest BCUT2D eigenvalue weighted by Gasteiger charge is -2.20. The van der Waals surface area contributed by atoms with Crippen molar-refractivity contribution in [3.05, 3.63) is 22.4 Å². The van der Waals surface area contributed by atoms with Crippen LogP contribution in [0.2, 0.25) is 0 Å². The van der Waals surface area contributed by atoms with E-state index in [-0.39, 0.29) is 22.9 Å². The van der Waals surface area contributed by atoms with Crippen LogP contribution in [0.3, 0.4) is 0 Å². The zero-order valence-corrected chi connectivity index (χ0v) is 11.1. The quantitative estimate of drug-likeness (QED) is 0.738. The van der Waals surface area contributed by atoms with E-state index in [2.05, 4.69) is 18.4 Å². The summed E-state index contributed by atoms with van der Waals surface area (Å²) < 4.78 is 5.42. The topological polar surface area (TPSA) is 26.3 Å². The van der Waals surface area contributed by atoms with Crippen LogP contribution in [0, 0.1) is 5.92 Å². The van der Waals surface area contributed by atoms with E-state index in [1.165, 1.54) is 4.88 Å². The van der Waals surface area contributed by atoms with E-state index < -0.39 is 0 Å². The van der Waals surface area contributed by atoms with Crippen LogP contribution in [0.5, 0.6) is 0 Å². The summed E-state index contributed by atoms with van der Waals surface area (Å²) in [6, 6.07) is 4.14. The number of carbonyl (C=O) groups excluding carboxylic acids is 1. The molecule has 0 bridgehead atoms. The van der Waals surface area contributed by atoms with Gasteiger partial charge in [-0.3, -0.25) is 4.79 Å². The molecule has 0 saturated heterocycles. The summed E-state index contributed by atoms with van der Waals surface area (Å²) in [4.78, 5) is 13.2. The number of carbonyl (C=O) groups is 1. The van der Waals surface area contributed by atoms with Crippen LogP contribution in [-0.2, 0) is 14.9 Å². The lowest BCUT2D eigenvalue weighted by atomic mass is 10.0. The highest BCUT2D eigenvalue weighted by Gasteiger charge is 2.57. The van der Waals surface area contributed by atoms with Gasteiger partial charge in [-0.2, -0.15) is 0 Å². The van der Waals surface area contributed by atoms with Crippen LogP contribution in [0.15, 0.2) is 17.5 Å². The molecule has 1 heterocycles. The molecule has 88 valence electrons. The van der Waals surface area contributed by atoms with Crippen LogP contribution in [0.25, 0.3) is 0 Å². The standard InChI is InChI=1S/C13H18O2S/c1-12(2,3)15-11(14)9-8-13(9,4)10-6-5-7-16-10/h5-7,9H,8H2,1-4H3/t9-,13+/m0/s1. The van der Waals surface area contributed by atoms with Gasteiger partial charge in [0.25, 0.3) is 0 Å². The molecule has 2 rings (SSSR count). The maximum absolute atomic E-state index is 11.9. The molecule has 1 fully saturated rings. The number of hydrogen-bond donors (Lipinski definition) is 0. The third kappa shape index (κ3) is 2.14. The molecule has 2 nitrogen and oxygen atoms in total. The van der Waals surface area contributed by atoms with E-state index in [1.54, 1.807) is 11.3 Å². The molecular weight excluding hydrogens is 220 g/mol. The maximum atomic E-state index is 11.9. The average Bonchev–Trinajstić information content (AvgIpc) is 2.64. The first-order valence-corrected chi connectivity index (χ1v) is 6.48. The van der Waals surface area contributed by atoms with Crippen molar-refractivity contribution in [3.8, 4) is 0 Å². The molecule has 0 aromatic carbocycles. The van der Waals surface area contributed by atoms with Gasteiger partial charge < -0.3 is 4.74 Å². The Balaban J connectivity index is 2.03. The molecule has 1 aromatic rings. The number of rotatable bonds is 2. The summed E-state index contributed by atoms with van der Waals surface area (Å²) in [6.45, 7) is 7.88. The average molecular weight is 238 g/mol. The van der Waals surface area contributed by atoms with Crippen molar-refractivity contribution in [1.82, 2.24) is 0 Å². The molecular formula is C13H18O2S. The molecule has 1 aliphatic carbocycles. The highest BCUT2D eigenvalue weighted by Crippen LogP contribution is 2.56. The van der Waals surface area contributed by atoms with E-state index in [0.717, 1.165) is 6.42 Å². The van der Waals surface area contributed by atoms with Gasteiger partial charge in [0, 0.05) is 10.3 Å². The highest BCUT2D eigenvalue weighted by molar-refractivity contribution is 7.10. The fourth-order valence-corrected chi connectivity index (χ4v) is 2.91. The smallest absolute Gasteiger partial charge is 0.310 e. The van der Waals surface area contributed by atoms with Gasteiger partial charge in [-0.05, 0) is 38.6 Å². The van der Waals surface area contributed by atoms with Crippen molar-refractivity contribution in [3.63, 3.8) is 0 Å². The number of ether oxygens (including phenoxy) is 1. The molecule has 1 saturated carbocycles. The Morgan fingerprint density at radius 3 is 2.75 bits per heavy atom. The second kappa shape index (κ2) is 3.59. The van der Waals surface area contributed by atoms with Crippen molar-refractivity contribution in [2.45, 2.75) is 45.1 Å². The van der Waals surface area contributed by atoms with E-state index >= 15 is 0 Å². The fourth-order valence-electron chi connectivity index (χ4n) is 1.96. The van der Waals surface area contributed by atoms with Crippen LogP contribution in [0.4, 0.5) is 0 Å². The van der Waals surface area contributed by atoms with E-state index in [9.17, 15) is 4.79 Å². The first-order valence-electron chi connectivity index (χ1n) is 5.60. The largest absolute Gasteiger partial charge is 0.460 e. The first-order chi connectivity index (χ1) is 7.33. The lowest BCUT2D eigenvalue weighted by Crippen LogP contribution is -2.26. The zero-order chi connectivity index (χ0) is 12.0. The van der Waals surface area contributed by atoms with E-state index in [4.69, 9.17) is 4.74 Å². The van der Waals surface area contributed by atoms with Crippen LogP contribution >= 0.6 is 11.3 Å². The third-order valence-corrected chi connectivity index (χ3v) is 4.16. The van der Waals surface area contributed by atoms with Crippen LogP contribution in [0.1, 0.15) is 39.0 Å². The molecule has 1 aromatic heterocycles. The van der Waals surface area contributed by atoms with Gasteiger partial charge in [-0.1, -0.05) is 13.0 Å². The highest BCUT2D eigenvalue weighted by atomic mass is 32.1. The maximum Gasteiger partial charge on any atom is 0.310 e. The molecule has 2 atom stereocenters. The fraction of sp³-hybridized carbons (Fsp3) is 0.615. The molecule has 0 amide bonds. The summed E-state index contributed by atoms with van der Waals surface area (Å²) in [7, 11) is 0. The van der Waals surface area contributed by atoms with E-state index in [1.807, 2.05) is 26.8 Å². The second-order valence-corrected chi connectivity index (χ2v) is 6.63. The minimum absolute atomic E-state index is 0.0243. The molecule has 3 heteroatoms. The normalized spacial score (nSPS) is 28.9. The molecule has 16 heavy (non-hydrogen) atoms. The van der Waals surface area contributed by atoms with Crippen molar-refractivity contribution in [1.29, 1.82) is 0 Å². The van der Waals surface area contributed by atoms with Gasteiger partial charge in [0.1, 0.15) is 5.60 Å². The molecule has 0 aliphatic heterocycles. The summed E-state index contributed by atoms with van der Waals surface area (Å²) in [5.74, 6) is -0.00576. The van der Waals surface area contributed by atoms with E-state index in [0.29, 0.717) is 0 Å². The SMILES string of the molecule is CC(C)(C)OC(=O)[C@@H]1C[C@@]1(C)c1cccs1. The third-order valence-electron chi connectivity index (χ3n) is 3.01. The van der Waals surface area contributed by atoms with Gasteiger partial charge in [-0.25, -0.2) is 0 Å². The number of esters is 1. The summed E-state index contributed by atoms with van der Waals surface area (Å²) in [5.41, 5.74) is -0.355. The Morgan fingerprint density at radius 2 is 2.25 bits per heavy atom. The van der Waals surface area contributed by atoms with Crippen molar-refractivity contribution >= 4 is 17.3 Å². The minimum Gasteiger partial charge on any atom is -0.460 e. The van der Waals surface area contributed by atoms with Crippen molar-refractivity contribution in [2.24, 2.45) is 5.92 Å². The summed E-state index contributed by atoms with van der Waals surface area (Å²) in [6.07, 6.45) is 0.919. The van der Waals surface area contributed by atoms with Gasteiger partial charge in [0.05, 0.1) is 5.92 Å². The molecule has 1 aliphatic rings. The molecule has 0 spiro atoms. The Kier molecular flexibility index (Phi) is 2.61. The Bertz CT molecular complexity index is 389. The second-order valence-electron chi connectivity index (χ2n) is 5.68. The van der Waals surface area contributed by atoms with Crippen molar-refractivity contribution < 1.29 is 9.53 Å². The van der Waals surface area contributed by atoms with Gasteiger partial charge >= 0.3 is 5.97 Å². The number of thiophene rings is 1.